The van der Waals surface area contributed by atoms with Crippen LogP contribution in [0.5, 0.6) is 0 Å². The summed E-state index contributed by atoms with van der Waals surface area (Å²) in [5, 5.41) is 0. The normalized spacial score (nSPS) is 21.2. The minimum absolute atomic E-state index is 0.0935. The van der Waals surface area contributed by atoms with Crippen LogP contribution in [0.1, 0.15) is 26.7 Å². The molecule has 70 valence electrons. The van der Waals surface area contributed by atoms with Crippen molar-refractivity contribution in [2.75, 3.05) is 26.3 Å². The van der Waals surface area contributed by atoms with E-state index in [1.807, 2.05) is 0 Å². The molecule has 1 fully saturated rings. The molecule has 0 aliphatic carbocycles. The predicted octanol–water partition coefficient (Wildman–Crippen LogP) is 1.59. The van der Waals surface area contributed by atoms with E-state index in [9.17, 15) is 0 Å². The molecule has 0 aromatic rings. The molecule has 0 bridgehead atoms. The standard InChI is InChI=1S/C10H19NO/c1-4-10(3,5-2)11-6-8-12-9-7-11/h3H,4-9H2,1-2H3. The smallest absolute Gasteiger partial charge is 0.0594 e. The number of ether oxygens (including phenoxy) is 1. The van der Waals surface area contributed by atoms with Gasteiger partial charge in [-0.05, 0) is 19.8 Å². The highest BCUT2D eigenvalue weighted by Crippen LogP contribution is 2.23. The third-order valence-corrected chi connectivity index (χ3v) is 2.87. The molecular formula is C10H19NO. The van der Waals surface area contributed by atoms with Crippen LogP contribution in [0.15, 0.2) is 0 Å². The van der Waals surface area contributed by atoms with Crippen LogP contribution >= 0.6 is 0 Å². The van der Waals surface area contributed by atoms with E-state index in [0.717, 1.165) is 39.1 Å². The molecule has 2 heteroatoms. The third-order valence-electron chi connectivity index (χ3n) is 2.87. The topological polar surface area (TPSA) is 12.5 Å². The molecule has 0 saturated carbocycles. The van der Waals surface area contributed by atoms with Gasteiger partial charge in [-0.2, -0.15) is 0 Å². The molecule has 0 spiro atoms. The lowest BCUT2D eigenvalue weighted by atomic mass is 9.93. The fourth-order valence-corrected chi connectivity index (χ4v) is 1.71. The van der Waals surface area contributed by atoms with E-state index in [1.165, 1.54) is 0 Å². The monoisotopic (exact) mass is 169 g/mol. The van der Waals surface area contributed by atoms with Crippen molar-refractivity contribution < 1.29 is 4.74 Å². The summed E-state index contributed by atoms with van der Waals surface area (Å²) in [5.41, 5.74) is -0.0935. The largest absolute Gasteiger partial charge is 0.379 e. The lowest BCUT2D eigenvalue weighted by Gasteiger charge is -2.42. The van der Waals surface area contributed by atoms with Crippen molar-refractivity contribution in [2.45, 2.75) is 32.2 Å². The van der Waals surface area contributed by atoms with Gasteiger partial charge in [-0.3, -0.25) is 4.90 Å². The van der Waals surface area contributed by atoms with E-state index in [2.05, 4.69) is 18.7 Å². The Kier molecular flexibility index (Phi) is 3.53. The molecule has 2 nitrogen and oxygen atoms in total. The summed E-state index contributed by atoms with van der Waals surface area (Å²) in [5.74, 6) is 0. The first-order valence-electron chi connectivity index (χ1n) is 4.84. The Morgan fingerprint density at radius 1 is 1.25 bits per heavy atom. The fourth-order valence-electron chi connectivity index (χ4n) is 1.71. The van der Waals surface area contributed by atoms with Gasteiger partial charge in [0.05, 0.1) is 13.2 Å². The Morgan fingerprint density at radius 2 is 1.75 bits per heavy atom. The molecule has 1 saturated heterocycles. The van der Waals surface area contributed by atoms with Gasteiger partial charge in [0.15, 0.2) is 0 Å². The number of nitrogens with zero attached hydrogens (tertiary/aromatic N) is 1. The maximum Gasteiger partial charge on any atom is 0.0594 e. The van der Waals surface area contributed by atoms with E-state index >= 15 is 0 Å². The van der Waals surface area contributed by atoms with Crippen LogP contribution in [0.3, 0.4) is 0 Å². The molecular weight excluding hydrogens is 150 g/mol. The summed E-state index contributed by atoms with van der Waals surface area (Å²) in [4.78, 5) is 2.34. The first-order valence-corrected chi connectivity index (χ1v) is 4.84. The zero-order valence-electron chi connectivity index (χ0n) is 8.18. The van der Waals surface area contributed by atoms with Gasteiger partial charge in [-0.15, -0.1) is 0 Å². The molecule has 0 aromatic carbocycles. The van der Waals surface area contributed by atoms with Crippen LogP contribution in [0, 0.1) is 6.92 Å². The van der Waals surface area contributed by atoms with Crippen molar-refractivity contribution in [3.05, 3.63) is 6.92 Å². The number of morpholine rings is 1. The van der Waals surface area contributed by atoms with Crippen molar-refractivity contribution in [1.82, 2.24) is 4.90 Å². The van der Waals surface area contributed by atoms with Crippen LogP contribution in [0.4, 0.5) is 0 Å². The molecule has 0 amide bonds. The summed E-state index contributed by atoms with van der Waals surface area (Å²) in [6.45, 7) is 14.2. The minimum Gasteiger partial charge on any atom is -0.379 e. The van der Waals surface area contributed by atoms with Crippen molar-refractivity contribution >= 4 is 0 Å². The predicted molar refractivity (Wildman–Crippen MR) is 50.0 cm³/mol. The van der Waals surface area contributed by atoms with E-state index in [4.69, 9.17) is 11.7 Å². The van der Waals surface area contributed by atoms with Crippen LogP contribution in [-0.2, 0) is 4.74 Å². The molecule has 1 heterocycles. The molecule has 0 N–H and O–H groups in total. The Bertz CT molecular complexity index is 126. The number of rotatable bonds is 3. The summed E-state index contributed by atoms with van der Waals surface area (Å²) in [6, 6.07) is 0. The van der Waals surface area contributed by atoms with Crippen molar-refractivity contribution in [2.24, 2.45) is 0 Å². The van der Waals surface area contributed by atoms with Gasteiger partial charge in [0, 0.05) is 18.6 Å². The molecule has 1 aliphatic heterocycles. The SMILES string of the molecule is [CH]C(CC)(CC)N1CCOCC1. The van der Waals surface area contributed by atoms with E-state index in [0.29, 0.717) is 0 Å². The number of hydrogen-bond acceptors (Lipinski definition) is 2. The average molecular weight is 169 g/mol. The van der Waals surface area contributed by atoms with Crippen molar-refractivity contribution in [3.8, 4) is 0 Å². The van der Waals surface area contributed by atoms with E-state index < -0.39 is 0 Å². The van der Waals surface area contributed by atoms with Crippen LogP contribution in [0.25, 0.3) is 0 Å². The number of hydrogen-bond donors (Lipinski definition) is 0. The van der Waals surface area contributed by atoms with Crippen LogP contribution in [-0.4, -0.2) is 36.7 Å². The zero-order chi connectivity index (χ0) is 9.03. The Hall–Kier alpha value is -0.0800. The van der Waals surface area contributed by atoms with Gasteiger partial charge >= 0.3 is 0 Å². The van der Waals surface area contributed by atoms with Crippen LogP contribution < -0.4 is 0 Å². The molecule has 2 radical (unpaired) electrons. The van der Waals surface area contributed by atoms with E-state index in [-0.39, 0.29) is 5.54 Å². The van der Waals surface area contributed by atoms with Gasteiger partial charge in [0.1, 0.15) is 0 Å². The quantitative estimate of drug-likeness (QED) is 0.636. The molecule has 1 aliphatic rings. The second-order valence-electron chi connectivity index (χ2n) is 3.41. The lowest BCUT2D eigenvalue weighted by Crippen LogP contribution is -2.51. The highest BCUT2D eigenvalue weighted by Gasteiger charge is 2.29. The third kappa shape index (κ3) is 1.99. The molecule has 0 aromatic heterocycles. The van der Waals surface area contributed by atoms with Crippen molar-refractivity contribution in [3.63, 3.8) is 0 Å². The highest BCUT2D eigenvalue weighted by molar-refractivity contribution is 4.91. The van der Waals surface area contributed by atoms with Gasteiger partial charge in [-0.1, -0.05) is 13.8 Å². The molecule has 12 heavy (non-hydrogen) atoms. The molecule has 1 rings (SSSR count). The van der Waals surface area contributed by atoms with Gasteiger partial charge in [0.2, 0.25) is 0 Å². The minimum atomic E-state index is -0.0935. The van der Waals surface area contributed by atoms with Gasteiger partial charge in [-0.25, -0.2) is 0 Å². The lowest BCUT2D eigenvalue weighted by molar-refractivity contribution is -0.00955. The second kappa shape index (κ2) is 4.24. The van der Waals surface area contributed by atoms with Crippen molar-refractivity contribution in [1.29, 1.82) is 0 Å². The van der Waals surface area contributed by atoms with Crippen LogP contribution in [0.2, 0.25) is 0 Å². The molecule has 0 atom stereocenters. The summed E-state index contributed by atoms with van der Waals surface area (Å²) >= 11 is 0. The first-order chi connectivity index (χ1) is 5.73. The second-order valence-corrected chi connectivity index (χ2v) is 3.41. The molecule has 0 unspecified atom stereocenters. The maximum absolute atomic E-state index is 6.24. The maximum atomic E-state index is 6.24. The van der Waals surface area contributed by atoms with Gasteiger partial charge in [0.25, 0.3) is 0 Å². The Balaban J connectivity index is 2.51. The first kappa shape index (κ1) is 10.0. The Morgan fingerprint density at radius 3 is 2.17 bits per heavy atom. The zero-order valence-corrected chi connectivity index (χ0v) is 8.18. The fraction of sp³-hybridized carbons (Fsp3) is 0.900. The summed E-state index contributed by atoms with van der Waals surface area (Å²) in [6.07, 6.45) is 2.03. The summed E-state index contributed by atoms with van der Waals surface area (Å²) in [7, 11) is 0. The van der Waals surface area contributed by atoms with E-state index in [1.54, 1.807) is 0 Å². The van der Waals surface area contributed by atoms with Gasteiger partial charge < -0.3 is 4.74 Å². The summed E-state index contributed by atoms with van der Waals surface area (Å²) < 4.78 is 5.29. The average Bonchev–Trinajstić information content (AvgIpc) is 2.18. The highest BCUT2D eigenvalue weighted by atomic mass is 16.5. The Labute approximate surface area is 75.9 Å².